The second kappa shape index (κ2) is 19.6. The van der Waals surface area contributed by atoms with Gasteiger partial charge in [-0.3, -0.25) is 9.59 Å². The summed E-state index contributed by atoms with van der Waals surface area (Å²) in [7, 11) is 0. The van der Waals surface area contributed by atoms with Crippen molar-refractivity contribution in [3.8, 4) is 0 Å². The van der Waals surface area contributed by atoms with Gasteiger partial charge in [0.1, 0.15) is 12.6 Å². The molecule has 0 saturated heterocycles. The molecular weight excluding hydrogens is 312 g/mol. The van der Waals surface area contributed by atoms with E-state index < -0.39 is 0 Å². The van der Waals surface area contributed by atoms with Crippen LogP contribution in [0.5, 0.6) is 0 Å². The fraction of sp³-hybridized carbons (Fsp3) is 0.500. The van der Waals surface area contributed by atoms with Gasteiger partial charge < -0.3 is 0 Å². The molecule has 124 valence electrons. The predicted octanol–water partition coefficient (Wildman–Crippen LogP) is 5.38. The van der Waals surface area contributed by atoms with Gasteiger partial charge in [0.2, 0.25) is 0 Å². The molecule has 2 nitrogen and oxygen atoms in total. The first-order valence-electron chi connectivity index (χ1n) is 7.82. The Morgan fingerprint density at radius 2 is 0.957 bits per heavy atom. The molecule has 0 spiro atoms. The molecule has 0 N–H and O–H groups in total. The van der Waals surface area contributed by atoms with Crippen molar-refractivity contribution in [2.75, 3.05) is 0 Å². The van der Waals surface area contributed by atoms with Gasteiger partial charge >= 0.3 is 37.7 Å². The summed E-state index contributed by atoms with van der Waals surface area (Å²) in [4.78, 5) is 20.0. The quantitative estimate of drug-likeness (QED) is 0.256. The van der Waals surface area contributed by atoms with Crippen LogP contribution in [0.25, 0.3) is 0 Å². The van der Waals surface area contributed by atoms with Gasteiger partial charge in [-0.25, -0.2) is 0 Å². The predicted molar refractivity (Wildman–Crippen MR) is 103 cm³/mol. The molecule has 0 atom stereocenters. The SMILES string of the molecule is CC(C)=CCC/C(C)=C\C=O.CC(C)=CCC/C(C)=C\C=O.[Ca+2]. The van der Waals surface area contributed by atoms with Gasteiger partial charge in [-0.1, -0.05) is 34.4 Å². The van der Waals surface area contributed by atoms with Gasteiger partial charge in [0.15, 0.2) is 0 Å². The van der Waals surface area contributed by atoms with Crippen LogP contribution in [0.15, 0.2) is 46.6 Å². The maximum absolute atomic E-state index is 10.0. The number of carbonyl (C=O) groups excluding carboxylic acids is 2. The van der Waals surface area contributed by atoms with Crippen molar-refractivity contribution in [2.45, 2.75) is 67.2 Å². The smallest absolute Gasteiger partial charge is 0.299 e. The number of hydrogen-bond donors (Lipinski definition) is 0. The molecule has 3 heteroatoms. The Balaban J connectivity index is -0.000000333. The van der Waals surface area contributed by atoms with Crippen molar-refractivity contribution >= 4 is 50.3 Å². The maximum Gasteiger partial charge on any atom is 2.00 e. The molecule has 0 amide bonds. The topological polar surface area (TPSA) is 34.1 Å². The molecule has 0 aromatic rings. The molecule has 0 rings (SSSR count). The van der Waals surface area contributed by atoms with Crippen molar-refractivity contribution in [1.82, 2.24) is 0 Å². The molecule has 0 aliphatic carbocycles. The Labute approximate surface area is 172 Å². The summed E-state index contributed by atoms with van der Waals surface area (Å²) >= 11 is 0. The van der Waals surface area contributed by atoms with Crippen LogP contribution in [0, 0.1) is 0 Å². The van der Waals surface area contributed by atoms with Crippen LogP contribution < -0.4 is 0 Å². The zero-order valence-electron chi connectivity index (χ0n) is 15.8. The Morgan fingerprint density at radius 1 is 0.652 bits per heavy atom. The molecule has 0 saturated carbocycles. The van der Waals surface area contributed by atoms with Gasteiger partial charge in [0.25, 0.3) is 0 Å². The minimum absolute atomic E-state index is 0. The Morgan fingerprint density at radius 3 is 1.17 bits per heavy atom. The van der Waals surface area contributed by atoms with Gasteiger partial charge in [-0.2, -0.15) is 0 Å². The molecular formula is C20H32CaO2+2. The average Bonchev–Trinajstić information content (AvgIpc) is 2.39. The third-order valence-electron chi connectivity index (χ3n) is 2.89. The minimum atomic E-state index is 0. The van der Waals surface area contributed by atoms with Crippen LogP contribution in [-0.4, -0.2) is 50.3 Å². The number of rotatable bonds is 8. The first-order chi connectivity index (χ1) is 10.3. The van der Waals surface area contributed by atoms with E-state index in [0.717, 1.165) is 49.4 Å². The number of aldehydes is 2. The normalized spacial score (nSPS) is 10.5. The van der Waals surface area contributed by atoms with Gasteiger partial charge in [0, 0.05) is 0 Å². The summed E-state index contributed by atoms with van der Waals surface area (Å²) < 4.78 is 0. The van der Waals surface area contributed by atoms with Crippen molar-refractivity contribution in [1.29, 1.82) is 0 Å². The van der Waals surface area contributed by atoms with Crippen molar-refractivity contribution in [3.05, 3.63) is 46.6 Å². The zero-order chi connectivity index (χ0) is 17.4. The van der Waals surface area contributed by atoms with Crippen LogP contribution in [-0.2, 0) is 9.59 Å². The van der Waals surface area contributed by atoms with E-state index in [9.17, 15) is 9.59 Å². The maximum atomic E-state index is 10.0. The molecule has 23 heavy (non-hydrogen) atoms. The van der Waals surface area contributed by atoms with Crippen molar-refractivity contribution < 1.29 is 9.59 Å². The van der Waals surface area contributed by atoms with E-state index in [0.29, 0.717) is 0 Å². The van der Waals surface area contributed by atoms with Crippen molar-refractivity contribution in [3.63, 3.8) is 0 Å². The van der Waals surface area contributed by atoms with Crippen molar-refractivity contribution in [2.24, 2.45) is 0 Å². The molecule has 0 aromatic carbocycles. The van der Waals surface area contributed by atoms with Gasteiger partial charge in [-0.15, -0.1) is 0 Å². The standard InChI is InChI=1S/2C10H16O.Ca/c2*1-9(2)5-4-6-10(3)7-8-11;/h2*5,7-8H,4,6H2,1-3H3;/q;;+2/b2*10-7-;. The van der Waals surface area contributed by atoms with E-state index in [1.165, 1.54) is 11.1 Å². The molecule has 0 heterocycles. The van der Waals surface area contributed by atoms with Gasteiger partial charge in [0.05, 0.1) is 0 Å². The third-order valence-corrected chi connectivity index (χ3v) is 2.89. The van der Waals surface area contributed by atoms with Crippen LogP contribution in [0.1, 0.15) is 67.2 Å². The summed E-state index contributed by atoms with van der Waals surface area (Å²) in [5.41, 5.74) is 4.97. The van der Waals surface area contributed by atoms with Gasteiger partial charge in [-0.05, 0) is 79.4 Å². The van der Waals surface area contributed by atoms with E-state index in [-0.39, 0.29) is 37.7 Å². The number of carbonyl (C=O) groups is 2. The Hall–Kier alpha value is -0.440. The third kappa shape index (κ3) is 26.8. The second-order valence-electron chi connectivity index (χ2n) is 5.94. The molecule has 0 fully saturated rings. The molecule has 0 aliphatic heterocycles. The molecule has 0 radical (unpaired) electrons. The van der Waals surface area contributed by atoms with Crippen LogP contribution in [0.4, 0.5) is 0 Å². The average molecular weight is 345 g/mol. The Kier molecular flexibility index (Phi) is 23.4. The number of hydrogen-bond acceptors (Lipinski definition) is 2. The molecule has 0 unspecified atom stereocenters. The molecule has 0 aliphatic rings. The van der Waals surface area contributed by atoms with Crippen LogP contribution >= 0.6 is 0 Å². The first kappa shape index (κ1) is 27.4. The summed E-state index contributed by atoms with van der Waals surface area (Å²) in [6, 6.07) is 0. The minimum Gasteiger partial charge on any atom is -0.299 e. The van der Waals surface area contributed by atoms with E-state index in [1.807, 2.05) is 13.8 Å². The number of allylic oxidation sites excluding steroid dienone is 8. The summed E-state index contributed by atoms with van der Waals surface area (Å²) in [5.74, 6) is 0. The monoisotopic (exact) mass is 344 g/mol. The van der Waals surface area contributed by atoms with Crippen LogP contribution in [0.3, 0.4) is 0 Å². The van der Waals surface area contributed by atoms with Crippen LogP contribution in [0.2, 0.25) is 0 Å². The fourth-order valence-corrected chi connectivity index (χ4v) is 1.58. The van der Waals surface area contributed by atoms with E-state index in [4.69, 9.17) is 0 Å². The second-order valence-corrected chi connectivity index (χ2v) is 5.94. The van der Waals surface area contributed by atoms with E-state index in [1.54, 1.807) is 12.2 Å². The Bertz CT molecular complexity index is 391. The van der Waals surface area contributed by atoms with E-state index >= 15 is 0 Å². The fourth-order valence-electron chi connectivity index (χ4n) is 1.58. The first-order valence-corrected chi connectivity index (χ1v) is 7.82. The summed E-state index contributed by atoms with van der Waals surface area (Å²) in [6.07, 6.45) is 13.4. The zero-order valence-corrected chi connectivity index (χ0v) is 18.0. The summed E-state index contributed by atoms with van der Waals surface area (Å²) in [5, 5.41) is 0. The van der Waals surface area contributed by atoms with E-state index in [2.05, 4.69) is 39.8 Å². The molecule has 0 bridgehead atoms. The summed E-state index contributed by atoms with van der Waals surface area (Å²) in [6.45, 7) is 12.3. The molecule has 0 aromatic heterocycles. The largest absolute Gasteiger partial charge is 2.00 e.